The standard InChI is InChI=1S/C28H35FN2O2.C3H8/c1-7-10-12-21(23(9-3)19(5)13-20(6)26(32)11-8-2)15-22-17-30-27(14-18(22)4)31-28(33)24-16-25(24)29;1-3-2/h8-10,12-15,17,24-26,32H,2,6-7,11,16H2,1,3-5H3,(H,30,31,33);3H2,1-2H3/b12-10+,19-13-,21-15+,23-9+;. The number of amides is 1. The van der Waals surface area contributed by atoms with Gasteiger partial charge >= 0.3 is 0 Å². The predicted octanol–water partition coefficient (Wildman–Crippen LogP) is 7.84. The predicted molar refractivity (Wildman–Crippen MR) is 151 cm³/mol. The number of allylic oxidation sites excluding steroid dienone is 6. The number of aliphatic hydroxyl groups is 1. The van der Waals surface area contributed by atoms with E-state index in [1.807, 2.05) is 39.0 Å². The number of carbonyl (C=O) groups is 1. The Morgan fingerprint density at radius 2 is 2.00 bits per heavy atom. The van der Waals surface area contributed by atoms with Crippen LogP contribution in [0.2, 0.25) is 0 Å². The van der Waals surface area contributed by atoms with Crippen molar-refractivity contribution in [3.8, 4) is 0 Å². The molecule has 0 bridgehead atoms. The number of alkyl halides is 1. The Kier molecular flexibility index (Phi) is 13.6. The first kappa shape index (κ1) is 31.0. The summed E-state index contributed by atoms with van der Waals surface area (Å²) in [5.41, 5.74) is 5.49. The van der Waals surface area contributed by atoms with E-state index in [1.165, 1.54) is 6.42 Å². The van der Waals surface area contributed by atoms with Crippen molar-refractivity contribution in [3.63, 3.8) is 0 Å². The Morgan fingerprint density at radius 3 is 2.50 bits per heavy atom. The van der Waals surface area contributed by atoms with Gasteiger partial charge in [0.2, 0.25) is 5.91 Å². The third-order valence-electron chi connectivity index (χ3n) is 5.54. The summed E-state index contributed by atoms with van der Waals surface area (Å²) in [6, 6.07) is 1.80. The van der Waals surface area contributed by atoms with Crippen molar-refractivity contribution in [1.82, 2.24) is 4.98 Å². The first-order chi connectivity index (χ1) is 17.1. The lowest BCUT2D eigenvalue weighted by molar-refractivity contribution is -0.117. The van der Waals surface area contributed by atoms with Crippen LogP contribution in [0.3, 0.4) is 0 Å². The Labute approximate surface area is 217 Å². The third-order valence-corrected chi connectivity index (χ3v) is 5.54. The number of aliphatic hydroxyl groups excluding tert-OH is 1. The molecule has 1 fully saturated rings. The molecule has 0 radical (unpaired) electrons. The molecule has 0 saturated heterocycles. The fourth-order valence-electron chi connectivity index (χ4n) is 3.45. The number of nitrogens with zero attached hydrogens (tertiary/aromatic N) is 1. The number of rotatable bonds is 11. The zero-order valence-electron chi connectivity index (χ0n) is 22.8. The number of pyridine rings is 1. The molecule has 2 rings (SSSR count). The molecule has 2 N–H and O–H groups in total. The lowest BCUT2D eigenvalue weighted by atomic mass is 9.93. The highest BCUT2D eigenvalue weighted by Gasteiger charge is 2.43. The summed E-state index contributed by atoms with van der Waals surface area (Å²) in [5.74, 6) is -0.446. The van der Waals surface area contributed by atoms with Gasteiger partial charge in [0.05, 0.1) is 12.0 Å². The van der Waals surface area contributed by atoms with Crippen LogP contribution < -0.4 is 5.32 Å². The number of anilines is 1. The van der Waals surface area contributed by atoms with E-state index in [1.54, 1.807) is 18.3 Å². The SMILES string of the molecule is C=CCC(O)C(=C)\C=C(C)/C(=C\C)C(/C=C/CC)=C/c1cnc(NC(=O)C2CC2F)cc1C.CCC. The fourth-order valence-corrected chi connectivity index (χ4v) is 3.45. The summed E-state index contributed by atoms with van der Waals surface area (Å²) < 4.78 is 13.1. The fraction of sp³-hybridized carbons (Fsp3) is 0.419. The van der Waals surface area contributed by atoms with Crippen molar-refractivity contribution in [2.24, 2.45) is 5.92 Å². The average Bonchev–Trinajstić information content (AvgIpc) is 3.56. The molecule has 0 aliphatic heterocycles. The average molecular weight is 495 g/mol. The van der Waals surface area contributed by atoms with Crippen LogP contribution in [0.5, 0.6) is 0 Å². The van der Waals surface area contributed by atoms with Gasteiger partial charge in [-0.2, -0.15) is 0 Å². The summed E-state index contributed by atoms with van der Waals surface area (Å²) in [4.78, 5) is 16.4. The molecular formula is C31H43FN2O2. The molecule has 1 amide bonds. The van der Waals surface area contributed by atoms with Crippen LogP contribution >= 0.6 is 0 Å². The third kappa shape index (κ3) is 9.90. The van der Waals surface area contributed by atoms with Crippen molar-refractivity contribution in [2.75, 3.05) is 5.32 Å². The van der Waals surface area contributed by atoms with Crippen molar-refractivity contribution in [3.05, 3.63) is 89.2 Å². The van der Waals surface area contributed by atoms with Crippen LogP contribution in [0.25, 0.3) is 6.08 Å². The van der Waals surface area contributed by atoms with E-state index in [9.17, 15) is 14.3 Å². The highest BCUT2D eigenvalue weighted by atomic mass is 19.1. The van der Waals surface area contributed by atoms with E-state index < -0.39 is 18.2 Å². The van der Waals surface area contributed by atoms with Gasteiger partial charge in [-0.15, -0.1) is 6.58 Å². The van der Waals surface area contributed by atoms with Gasteiger partial charge in [0.1, 0.15) is 12.0 Å². The van der Waals surface area contributed by atoms with Crippen LogP contribution in [0.1, 0.15) is 71.4 Å². The van der Waals surface area contributed by atoms with Crippen LogP contribution in [0.4, 0.5) is 10.2 Å². The minimum Gasteiger partial charge on any atom is -0.388 e. The van der Waals surface area contributed by atoms with Gasteiger partial charge in [-0.05, 0) is 85.6 Å². The topological polar surface area (TPSA) is 62.2 Å². The molecule has 1 heterocycles. The molecule has 3 unspecified atom stereocenters. The molecule has 1 aliphatic carbocycles. The van der Waals surface area contributed by atoms with Gasteiger partial charge < -0.3 is 10.4 Å². The van der Waals surface area contributed by atoms with E-state index in [0.717, 1.165) is 34.3 Å². The Bertz CT molecular complexity index is 1030. The molecule has 0 aromatic carbocycles. The molecule has 1 aromatic rings. The van der Waals surface area contributed by atoms with Crippen molar-refractivity contribution >= 4 is 17.8 Å². The second-order valence-electron chi connectivity index (χ2n) is 9.04. The van der Waals surface area contributed by atoms with Gasteiger partial charge in [-0.1, -0.05) is 64.2 Å². The maximum Gasteiger partial charge on any atom is 0.231 e. The van der Waals surface area contributed by atoms with Crippen LogP contribution in [-0.2, 0) is 4.79 Å². The number of nitrogens with one attached hydrogen (secondary N) is 1. The van der Waals surface area contributed by atoms with Crippen molar-refractivity contribution in [2.45, 2.75) is 79.5 Å². The molecule has 1 aromatic heterocycles. The van der Waals surface area contributed by atoms with Crippen LogP contribution in [0.15, 0.2) is 78.1 Å². The van der Waals surface area contributed by atoms with Crippen molar-refractivity contribution < 1.29 is 14.3 Å². The number of carbonyl (C=O) groups excluding carboxylic acids is 1. The molecule has 4 nitrogen and oxygen atoms in total. The molecular weight excluding hydrogens is 451 g/mol. The largest absolute Gasteiger partial charge is 0.388 e. The van der Waals surface area contributed by atoms with E-state index >= 15 is 0 Å². The number of aromatic nitrogens is 1. The summed E-state index contributed by atoms with van der Waals surface area (Å²) in [5, 5.41) is 12.9. The molecule has 1 aliphatic rings. The molecule has 3 atom stereocenters. The summed E-state index contributed by atoms with van der Waals surface area (Å²) in [7, 11) is 0. The number of hydrogen-bond donors (Lipinski definition) is 2. The normalized spacial score (nSPS) is 18.8. The smallest absolute Gasteiger partial charge is 0.231 e. The number of halogens is 1. The lowest BCUT2D eigenvalue weighted by Gasteiger charge is -2.14. The number of aryl methyl sites for hydroxylation is 1. The molecule has 0 spiro atoms. The summed E-state index contributed by atoms with van der Waals surface area (Å²) in [6.07, 6.45) is 14.7. The summed E-state index contributed by atoms with van der Waals surface area (Å²) >= 11 is 0. The monoisotopic (exact) mass is 494 g/mol. The Morgan fingerprint density at radius 1 is 1.36 bits per heavy atom. The molecule has 1 saturated carbocycles. The second kappa shape index (κ2) is 15.8. The Hall–Kier alpha value is -3.05. The maximum absolute atomic E-state index is 13.1. The van der Waals surface area contributed by atoms with Crippen LogP contribution in [0, 0.1) is 12.8 Å². The van der Waals surface area contributed by atoms with Gasteiger partial charge in [0.25, 0.3) is 0 Å². The Balaban J connectivity index is 0.00000205. The minimum absolute atomic E-state index is 0.287. The van der Waals surface area contributed by atoms with E-state index in [4.69, 9.17) is 0 Å². The van der Waals surface area contributed by atoms with E-state index in [-0.39, 0.29) is 12.3 Å². The molecule has 36 heavy (non-hydrogen) atoms. The zero-order chi connectivity index (χ0) is 27.3. The van der Waals surface area contributed by atoms with Gasteiger partial charge in [0, 0.05) is 6.20 Å². The maximum atomic E-state index is 13.1. The van der Waals surface area contributed by atoms with Gasteiger partial charge in [-0.25, -0.2) is 9.37 Å². The summed E-state index contributed by atoms with van der Waals surface area (Å²) in [6.45, 7) is 19.9. The highest BCUT2D eigenvalue weighted by molar-refractivity contribution is 5.94. The first-order valence-corrected chi connectivity index (χ1v) is 12.8. The lowest BCUT2D eigenvalue weighted by Crippen LogP contribution is -2.16. The molecule has 196 valence electrons. The van der Waals surface area contributed by atoms with E-state index in [2.05, 4.69) is 56.4 Å². The van der Waals surface area contributed by atoms with Gasteiger partial charge in [0.15, 0.2) is 0 Å². The van der Waals surface area contributed by atoms with Gasteiger partial charge in [-0.3, -0.25) is 4.79 Å². The van der Waals surface area contributed by atoms with Crippen molar-refractivity contribution in [1.29, 1.82) is 0 Å². The highest BCUT2D eigenvalue weighted by Crippen LogP contribution is 2.34. The number of hydrogen-bond acceptors (Lipinski definition) is 3. The zero-order valence-corrected chi connectivity index (χ0v) is 22.8. The minimum atomic E-state index is -1.04. The molecule has 5 heteroatoms. The van der Waals surface area contributed by atoms with E-state index in [0.29, 0.717) is 17.8 Å². The van der Waals surface area contributed by atoms with Crippen LogP contribution in [-0.4, -0.2) is 28.3 Å². The second-order valence-corrected chi connectivity index (χ2v) is 9.04. The quantitative estimate of drug-likeness (QED) is 0.243. The first-order valence-electron chi connectivity index (χ1n) is 12.8.